The third kappa shape index (κ3) is 3.68. The maximum atomic E-state index is 12.9. The van der Waals surface area contributed by atoms with Gasteiger partial charge in [0, 0.05) is 18.7 Å². The Morgan fingerprint density at radius 3 is 2.58 bits per heavy atom. The third-order valence-corrected chi connectivity index (χ3v) is 4.51. The van der Waals surface area contributed by atoms with Gasteiger partial charge in [-0.1, -0.05) is 0 Å². The highest BCUT2D eigenvalue weighted by Gasteiger charge is 2.54. The molecule has 3 atom stereocenters. The minimum Gasteiger partial charge on any atom is -0.444 e. The van der Waals surface area contributed by atoms with Crippen molar-refractivity contribution in [1.29, 1.82) is 0 Å². The van der Waals surface area contributed by atoms with Gasteiger partial charge < -0.3 is 15.0 Å². The quantitative estimate of drug-likeness (QED) is 0.925. The van der Waals surface area contributed by atoms with Crippen LogP contribution >= 0.6 is 0 Å². The van der Waals surface area contributed by atoms with Crippen molar-refractivity contribution in [3.8, 4) is 0 Å². The summed E-state index contributed by atoms with van der Waals surface area (Å²) in [4.78, 5) is 26.2. The molecular weight excluding hydrogens is 311 g/mol. The van der Waals surface area contributed by atoms with Crippen molar-refractivity contribution < 1.29 is 18.7 Å². The molecule has 0 radical (unpaired) electrons. The van der Waals surface area contributed by atoms with Crippen LogP contribution in [0.5, 0.6) is 0 Å². The average Bonchev–Trinajstić information content (AvgIpc) is 3.16. The molecule has 1 N–H and O–H groups in total. The van der Waals surface area contributed by atoms with E-state index in [4.69, 9.17) is 4.74 Å². The lowest BCUT2D eigenvalue weighted by Crippen LogP contribution is -2.47. The summed E-state index contributed by atoms with van der Waals surface area (Å²) in [6, 6.07) is 5.38. The molecule has 3 unspecified atom stereocenters. The van der Waals surface area contributed by atoms with E-state index >= 15 is 0 Å². The second-order valence-corrected chi connectivity index (χ2v) is 7.58. The van der Waals surface area contributed by atoms with E-state index in [0.717, 1.165) is 6.42 Å². The largest absolute Gasteiger partial charge is 0.444 e. The Kier molecular flexibility index (Phi) is 4.24. The Morgan fingerprint density at radius 2 is 1.96 bits per heavy atom. The predicted octanol–water partition coefficient (Wildman–Crippen LogP) is 2.81. The molecule has 5 nitrogen and oxygen atoms in total. The summed E-state index contributed by atoms with van der Waals surface area (Å²) in [5.74, 6) is 0.318. The van der Waals surface area contributed by atoms with E-state index in [9.17, 15) is 14.0 Å². The molecule has 1 saturated heterocycles. The van der Waals surface area contributed by atoms with Crippen molar-refractivity contribution in [2.24, 2.45) is 11.8 Å². The maximum absolute atomic E-state index is 12.9. The van der Waals surface area contributed by atoms with Crippen molar-refractivity contribution in [2.45, 2.75) is 38.8 Å². The number of halogens is 1. The number of amides is 2. The molecule has 0 bridgehead atoms. The summed E-state index contributed by atoms with van der Waals surface area (Å²) in [5, 5.41) is 2.85. The molecule has 1 aromatic rings. The number of fused-ring (bicyclic) bond motifs is 1. The molecule has 1 heterocycles. The number of rotatable bonds is 3. The number of piperidine rings is 1. The van der Waals surface area contributed by atoms with Crippen LogP contribution < -0.4 is 5.32 Å². The van der Waals surface area contributed by atoms with Crippen molar-refractivity contribution in [3.63, 3.8) is 0 Å². The van der Waals surface area contributed by atoms with E-state index in [1.807, 2.05) is 20.8 Å². The monoisotopic (exact) mass is 334 g/mol. The molecule has 1 aromatic carbocycles. The molecule has 130 valence electrons. The van der Waals surface area contributed by atoms with Gasteiger partial charge in [-0.2, -0.15) is 0 Å². The minimum atomic E-state index is -0.536. The van der Waals surface area contributed by atoms with Crippen LogP contribution in [0, 0.1) is 17.7 Å². The highest BCUT2D eigenvalue weighted by molar-refractivity contribution is 5.94. The summed E-state index contributed by atoms with van der Waals surface area (Å²) >= 11 is 0. The standard InChI is InChI=1S/C18H23FN2O3/c1-18(2,3)24-17(23)21-10-12-8-14(12)15(21)9-20-16(22)11-4-6-13(19)7-5-11/h4-7,12,14-15H,8-10H2,1-3H3,(H,20,22). The first-order valence-electron chi connectivity index (χ1n) is 8.28. The first-order valence-corrected chi connectivity index (χ1v) is 8.28. The van der Waals surface area contributed by atoms with Crippen LogP contribution in [-0.2, 0) is 4.74 Å². The van der Waals surface area contributed by atoms with Crippen LogP contribution in [0.25, 0.3) is 0 Å². The zero-order chi connectivity index (χ0) is 17.5. The lowest BCUT2D eigenvalue weighted by molar-refractivity contribution is 0.0192. The van der Waals surface area contributed by atoms with Crippen LogP contribution in [0.2, 0.25) is 0 Å². The van der Waals surface area contributed by atoms with Gasteiger partial charge >= 0.3 is 6.09 Å². The van der Waals surface area contributed by atoms with Crippen molar-refractivity contribution in [3.05, 3.63) is 35.6 Å². The van der Waals surface area contributed by atoms with Crippen molar-refractivity contribution in [1.82, 2.24) is 10.2 Å². The molecular formula is C18H23FN2O3. The predicted molar refractivity (Wildman–Crippen MR) is 87.1 cm³/mol. The molecule has 24 heavy (non-hydrogen) atoms. The van der Waals surface area contributed by atoms with Gasteiger partial charge in [-0.25, -0.2) is 9.18 Å². The number of likely N-dealkylation sites (tertiary alicyclic amines) is 1. The first kappa shape index (κ1) is 16.7. The van der Waals surface area contributed by atoms with Gasteiger partial charge in [0.05, 0.1) is 6.04 Å². The zero-order valence-electron chi connectivity index (χ0n) is 14.2. The molecule has 0 aromatic heterocycles. The Balaban J connectivity index is 1.59. The van der Waals surface area contributed by atoms with Gasteiger partial charge in [0.25, 0.3) is 5.91 Å². The Labute approximate surface area is 141 Å². The SMILES string of the molecule is CC(C)(C)OC(=O)N1CC2CC2C1CNC(=O)c1ccc(F)cc1. The Hall–Kier alpha value is -2.11. The number of benzene rings is 1. The molecule has 1 saturated carbocycles. The van der Waals surface area contributed by atoms with Gasteiger partial charge in [-0.15, -0.1) is 0 Å². The lowest BCUT2D eigenvalue weighted by Gasteiger charge is -2.30. The zero-order valence-corrected chi connectivity index (χ0v) is 14.2. The molecule has 0 spiro atoms. The second-order valence-electron chi connectivity index (χ2n) is 7.58. The van der Waals surface area contributed by atoms with E-state index < -0.39 is 5.60 Å². The smallest absolute Gasteiger partial charge is 0.410 e. The maximum Gasteiger partial charge on any atom is 0.410 e. The average molecular weight is 334 g/mol. The summed E-state index contributed by atoms with van der Waals surface area (Å²) in [7, 11) is 0. The van der Waals surface area contributed by atoms with Crippen molar-refractivity contribution in [2.75, 3.05) is 13.1 Å². The van der Waals surface area contributed by atoms with Gasteiger partial charge in [0.15, 0.2) is 0 Å². The Bertz CT molecular complexity index is 639. The number of carbonyl (C=O) groups is 2. The number of hydrogen-bond acceptors (Lipinski definition) is 3. The van der Waals surface area contributed by atoms with Crippen LogP contribution in [0.1, 0.15) is 37.6 Å². The minimum absolute atomic E-state index is 0.0331. The number of hydrogen-bond donors (Lipinski definition) is 1. The number of ether oxygens (including phenoxy) is 1. The molecule has 1 aliphatic carbocycles. The molecule has 1 aliphatic heterocycles. The normalized spacial score (nSPS) is 25.2. The van der Waals surface area contributed by atoms with Crippen LogP contribution in [-0.4, -0.2) is 41.6 Å². The van der Waals surface area contributed by atoms with Crippen LogP contribution in [0.3, 0.4) is 0 Å². The first-order chi connectivity index (χ1) is 11.2. The van der Waals surface area contributed by atoms with Crippen molar-refractivity contribution >= 4 is 12.0 Å². The summed E-state index contributed by atoms with van der Waals surface area (Å²) in [5.41, 5.74) is -0.128. The lowest BCUT2D eigenvalue weighted by atomic mass is 10.1. The fraction of sp³-hybridized carbons (Fsp3) is 0.556. The molecule has 2 amide bonds. The van der Waals surface area contributed by atoms with E-state index in [2.05, 4.69) is 5.32 Å². The number of nitrogens with one attached hydrogen (secondary N) is 1. The second kappa shape index (κ2) is 6.07. The van der Waals surface area contributed by atoms with Gasteiger partial charge in [0.2, 0.25) is 0 Å². The van der Waals surface area contributed by atoms with Crippen LogP contribution in [0.4, 0.5) is 9.18 Å². The topological polar surface area (TPSA) is 58.6 Å². The van der Waals surface area contributed by atoms with E-state index in [-0.39, 0.29) is 23.9 Å². The number of carbonyl (C=O) groups excluding carboxylic acids is 2. The highest BCUT2D eigenvalue weighted by atomic mass is 19.1. The summed E-state index contributed by atoms with van der Waals surface area (Å²) in [6.45, 7) is 6.60. The molecule has 2 fully saturated rings. The van der Waals surface area contributed by atoms with E-state index in [1.165, 1.54) is 24.3 Å². The summed E-state index contributed by atoms with van der Waals surface area (Å²) < 4.78 is 18.4. The van der Waals surface area contributed by atoms with Gasteiger partial charge in [-0.3, -0.25) is 4.79 Å². The molecule has 3 rings (SSSR count). The fourth-order valence-corrected chi connectivity index (χ4v) is 3.26. The van der Waals surface area contributed by atoms with E-state index in [0.29, 0.717) is 30.5 Å². The van der Waals surface area contributed by atoms with E-state index in [1.54, 1.807) is 4.90 Å². The van der Waals surface area contributed by atoms with Gasteiger partial charge in [-0.05, 0) is 63.3 Å². The third-order valence-electron chi connectivity index (χ3n) is 4.51. The Morgan fingerprint density at radius 1 is 1.29 bits per heavy atom. The van der Waals surface area contributed by atoms with Crippen LogP contribution in [0.15, 0.2) is 24.3 Å². The molecule has 2 aliphatic rings. The highest BCUT2D eigenvalue weighted by Crippen LogP contribution is 2.49. The molecule has 6 heteroatoms. The van der Waals surface area contributed by atoms with Gasteiger partial charge in [0.1, 0.15) is 11.4 Å². The summed E-state index contributed by atoms with van der Waals surface area (Å²) in [6.07, 6.45) is 0.770. The fourth-order valence-electron chi connectivity index (χ4n) is 3.26. The number of nitrogens with zero attached hydrogens (tertiary/aromatic N) is 1.